The van der Waals surface area contributed by atoms with Gasteiger partial charge in [-0.15, -0.1) is 0 Å². The van der Waals surface area contributed by atoms with Gasteiger partial charge in [0.25, 0.3) is 0 Å². The molecular weight excluding hydrogens is 230 g/mol. The van der Waals surface area contributed by atoms with Crippen LogP contribution in [0, 0.1) is 12.3 Å². The number of hydrogen-bond donors (Lipinski definition) is 1. The first kappa shape index (κ1) is 12.9. The lowest BCUT2D eigenvalue weighted by atomic mass is 9.78. The predicted molar refractivity (Wildman–Crippen MR) is 68.4 cm³/mol. The monoisotopic (exact) mass is 251 g/mol. The van der Waals surface area contributed by atoms with Crippen LogP contribution in [0.4, 0.5) is 4.79 Å². The average Bonchev–Trinajstić information content (AvgIpc) is 2.81. The molecule has 1 N–H and O–H groups in total. The van der Waals surface area contributed by atoms with Gasteiger partial charge in [-0.2, -0.15) is 5.10 Å². The van der Waals surface area contributed by atoms with E-state index in [2.05, 4.69) is 25.9 Å². The summed E-state index contributed by atoms with van der Waals surface area (Å²) in [6, 6.07) is 1.92. The standard InChI is InChI=1S/C13H21N3O2/c1-10-6-8-14-16(10)13(12(2,3)4)7-5-9-15(13)11(17)18/h6,8H,5,7,9H2,1-4H3,(H,17,18). The molecule has 1 fully saturated rings. The number of carbonyl (C=O) groups is 1. The predicted octanol–water partition coefficient (Wildman–Crippen LogP) is 2.66. The Kier molecular flexibility index (Phi) is 2.87. The molecule has 18 heavy (non-hydrogen) atoms. The van der Waals surface area contributed by atoms with Crippen molar-refractivity contribution < 1.29 is 9.90 Å². The quantitative estimate of drug-likeness (QED) is 0.834. The van der Waals surface area contributed by atoms with Gasteiger partial charge in [-0.25, -0.2) is 9.48 Å². The Balaban J connectivity index is 2.62. The van der Waals surface area contributed by atoms with Crippen molar-refractivity contribution in [3.05, 3.63) is 18.0 Å². The second kappa shape index (κ2) is 4.00. The molecule has 1 aromatic heterocycles. The van der Waals surface area contributed by atoms with Crippen LogP contribution in [-0.4, -0.2) is 32.4 Å². The van der Waals surface area contributed by atoms with E-state index in [0.29, 0.717) is 6.54 Å². The Morgan fingerprint density at radius 2 is 2.17 bits per heavy atom. The summed E-state index contributed by atoms with van der Waals surface area (Å²) in [5.74, 6) is 0. The highest BCUT2D eigenvalue weighted by molar-refractivity contribution is 5.66. The highest BCUT2D eigenvalue weighted by Gasteiger charge is 2.54. The third kappa shape index (κ3) is 1.61. The first-order valence-electron chi connectivity index (χ1n) is 6.32. The van der Waals surface area contributed by atoms with Gasteiger partial charge in [0, 0.05) is 23.9 Å². The van der Waals surface area contributed by atoms with E-state index in [1.54, 1.807) is 11.1 Å². The molecule has 1 atom stereocenters. The highest BCUT2D eigenvalue weighted by atomic mass is 16.4. The van der Waals surface area contributed by atoms with Crippen LogP contribution in [0.1, 0.15) is 39.3 Å². The Labute approximate surface area is 107 Å². The molecule has 1 aliphatic rings. The highest BCUT2D eigenvalue weighted by Crippen LogP contribution is 2.47. The fourth-order valence-corrected chi connectivity index (χ4v) is 3.13. The number of nitrogens with zero attached hydrogens (tertiary/aromatic N) is 3. The Bertz CT molecular complexity index is 461. The maximum Gasteiger partial charge on any atom is 0.409 e. The normalized spacial score (nSPS) is 24.6. The smallest absolute Gasteiger partial charge is 0.409 e. The largest absolute Gasteiger partial charge is 0.465 e. The number of hydrogen-bond acceptors (Lipinski definition) is 2. The third-order valence-corrected chi connectivity index (χ3v) is 3.97. The molecule has 0 aliphatic carbocycles. The lowest BCUT2D eigenvalue weighted by Crippen LogP contribution is -2.57. The zero-order valence-electron chi connectivity index (χ0n) is 11.5. The molecule has 1 saturated heterocycles. The fourth-order valence-electron chi connectivity index (χ4n) is 3.13. The molecule has 0 spiro atoms. The van der Waals surface area contributed by atoms with Gasteiger partial charge in [-0.05, 0) is 25.8 Å². The molecule has 100 valence electrons. The van der Waals surface area contributed by atoms with Gasteiger partial charge < -0.3 is 5.11 Å². The first-order valence-corrected chi connectivity index (χ1v) is 6.32. The summed E-state index contributed by atoms with van der Waals surface area (Å²) in [4.78, 5) is 13.1. The Hall–Kier alpha value is -1.52. The van der Waals surface area contributed by atoms with E-state index in [1.807, 2.05) is 17.7 Å². The van der Waals surface area contributed by atoms with E-state index in [1.165, 1.54) is 0 Å². The van der Waals surface area contributed by atoms with E-state index in [0.717, 1.165) is 18.5 Å². The van der Waals surface area contributed by atoms with Crippen LogP contribution in [0.3, 0.4) is 0 Å². The summed E-state index contributed by atoms with van der Waals surface area (Å²) in [6.45, 7) is 8.78. The molecule has 1 aromatic rings. The molecule has 5 nitrogen and oxygen atoms in total. The van der Waals surface area contributed by atoms with Crippen molar-refractivity contribution in [1.29, 1.82) is 0 Å². The molecule has 1 amide bonds. The van der Waals surface area contributed by atoms with E-state index < -0.39 is 11.8 Å². The van der Waals surface area contributed by atoms with Crippen molar-refractivity contribution in [2.75, 3.05) is 6.54 Å². The third-order valence-electron chi connectivity index (χ3n) is 3.97. The molecule has 0 saturated carbocycles. The summed E-state index contributed by atoms with van der Waals surface area (Å²) in [5.41, 5.74) is 0.212. The van der Waals surface area contributed by atoms with E-state index >= 15 is 0 Å². The number of rotatable bonds is 1. The number of aromatic nitrogens is 2. The molecule has 0 radical (unpaired) electrons. The van der Waals surface area contributed by atoms with Crippen molar-refractivity contribution in [2.45, 2.75) is 46.2 Å². The minimum absolute atomic E-state index is 0.210. The number of likely N-dealkylation sites (tertiary alicyclic amines) is 1. The Morgan fingerprint density at radius 1 is 1.50 bits per heavy atom. The van der Waals surface area contributed by atoms with Crippen LogP contribution in [0.15, 0.2) is 12.3 Å². The first-order chi connectivity index (χ1) is 8.30. The van der Waals surface area contributed by atoms with Crippen LogP contribution >= 0.6 is 0 Å². The van der Waals surface area contributed by atoms with Gasteiger partial charge >= 0.3 is 6.09 Å². The summed E-state index contributed by atoms with van der Waals surface area (Å²) >= 11 is 0. The molecule has 2 heterocycles. The zero-order valence-corrected chi connectivity index (χ0v) is 11.5. The minimum atomic E-state index is -0.864. The zero-order chi connectivity index (χ0) is 13.6. The number of carboxylic acid groups (broad SMARTS) is 1. The van der Waals surface area contributed by atoms with Crippen molar-refractivity contribution in [2.24, 2.45) is 5.41 Å². The SMILES string of the molecule is Cc1ccnn1C1(C(C)(C)C)CCCN1C(=O)O. The molecule has 0 bridgehead atoms. The average molecular weight is 251 g/mol. The molecule has 5 heteroatoms. The van der Waals surface area contributed by atoms with Crippen LogP contribution in [0.25, 0.3) is 0 Å². The topological polar surface area (TPSA) is 58.4 Å². The van der Waals surface area contributed by atoms with Gasteiger partial charge in [0.05, 0.1) is 0 Å². The van der Waals surface area contributed by atoms with Crippen LogP contribution in [-0.2, 0) is 5.66 Å². The second-order valence-electron chi connectivity index (χ2n) is 5.99. The van der Waals surface area contributed by atoms with E-state index in [9.17, 15) is 9.90 Å². The van der Waals surface area contributed by atoms with Gasteiger partial charge in [-0.3, -0.25) is 4.90 Å². The lowest BCUT2D eigenvalue weighted by molar-refractivity contribution is -0.0412. The van der Waals surface area contributed by atoms with Gasteiger partial charge in [-0.1, -0.05) is 20.8 Å². The molecular formula is C13H21N3O2. The number of aryl methyl sites for hydroxylation is 1. The summed E-state index contributed by atoms with van der Waals surface area (Å²) < 4.78 is 1.88. The van der Waals surface area contributed by atoms with Crippen molar-refractivity contribution >= 4 is 6.09 Å². The van der Waals surface area contributed by atoms with E-state index in [-0.39, 0.29) is 5.41 Å². The minimum Gasteiger partial charge on any atom is -0.465 e. The van der Waals surface area contributed by atoms with Gasteiger partial charge in [0.1, 0.15) is 5.66 Å². The summed E-state index contributed by atoms with van der Waals surface area (Å²) in [6.07, 6.45) is 2.56. The maximum atomic E-state index is 11.6. The van der Waals surface area contributed by atoms with Crippen LogP contribution < -0.4 is 0 Å². The molecule has 1 aliphatic heterocycles. The molecule has 0 aromatic carbocycles. The van der Waals surface area contributed by atoms with Crippen molar-refractivity contribution in [3.8, 4) is 0 Å². The van der Waals surface area contributed by atoms with Crippen LogP contribution in [0.5, 0.6) is 0 Å². The van der Waals surface area contributed by atoms with Crippen LogP contribution in [0.2, 0.25) is 0 Å². The van der Waals surface area contributed by atoms with Gasteiger partial charge in [0.2, 0.25) is 0 Å². The summed E-state index contributed by atoms with van der Waals surface area (Å²) in [5, 5.41) is 13.9. The molecule has 2 rings (SSSR count). The number of amides is 1. The molecule has 1 unspecified atom stereocenters. The maximum absolute atomic E-state index is 11.6. The van der Waals surface area contributed by atoms with Gasteiger partial charge in [0.15, 0.2) is 0 Å². The van der Waals surface area contributed by atoms with E-state index in [4.69, 9.17) is 0 Å². The summed E-state index contributed by atoms with van der Waals surface area (Å²) in [7, 11) is 0. The van der Waals surface area contributed by atoms with Crippen molar-refractivity contribution in [3.63, 3.8) is 0 Å². The second-order valence-corrected chi connectivity index (χ2v) is 5.99. The van der Waals surface area contributed by atoms with Crippen molar-refractivity contribution in [1.82, 2.24) is 14.7 Å². The fraction of sp³-hybridized carbons (Fsp3) is 0.692. The lowest BCUT2D eigenvalue weighted by Gasteiger charge is -2.47. The Morgan fingerprint density at radius 3 is 2.61 bits per heavy atom.